The minimum Gasteiger partial charge on any atom is -0.349 e. The van der Waals surface area contributed by atoms with Gasteiger partial charge in [-0.25, -0.2) is 4.98 Å². The molecule has 0 aliphatic carbocycles. The molecule has 1 amide bonds. The van der Waals surface area contributed by atoms with E-state index in [-0.39, 0.29) is 5.91 Å². The van der Waals surface area contributed by atoms with E-state index in [2.05, 4.69) is 22.2 Å². The number of H-pyrrole nitrogens is 1. The van der Waals surface area contributed by atoms with Crippen molar-refractivity contribution in [2.45, 2.75) is 32.7 Å². The SMILES string of the molecule is CCCCC(=O)NCc1nc2ccccc2[nH]1. The third-order valence-electron chi connectivity index (χ3n) is 2.65. The molecule has 0 fully saturated rings. The Hall–Kier alpha value is -1.84. The molecule has 0 saturated heterocycles. The molecule has 2 aromatic rings. The number of unbranched alkanes of at least 4 members (excludes halogenated alkanes) is 1. The number of imidazole rings is 1. The highest BCUT2D eigenvalue weighted by molar-refractivity contribution is 5.76. The average Bonchev–Trinajstić information content (AvgIpc) is 2.76. The number of para-hydroxylation sites is 2. The molecule has 4 heteroatoms. The van der Waals surface area contributed by atoms with Crippen LogP contribution in [0.15, 0.2) is 24.3 Å². The Morgan fingerprint density at radius 3 is 3.00 bits per heavy atom. The Bertz CT molecular complexity index is 471. The summed E-state index contributed by atoms with van der Waals surface area (Å²) in [6.07, 6.45) is 2.57. The quantitative estimate of drug-likeness (QED) is 0.830. The number of amides is 1. The lowest BCUT2D eigenvalue weighted by Crippen LogP contribution is -2.22. The summed E-state index contributed by atoms with van der Waals surface area (Å²) < 4.78 is 0. The molecule has 0 aliphatic rings. The van der Waals surface area contributed by atoms with Gasteiger partial charge in [0.2, 0.25) is 5.91 Å². The first-order valence-corrected chi connectivity index (χ1v) is 6.00. The molecule has 4 nitrogen and oxygen atoms in total. The Kier molecular flexibility index (Phi) is 3.75. The van der Waals surface area contributed by atoms with E-state index in [1.165, 1.54) is 0 Å². The first-order chi connectivity index (χ1) is 8.29. The maximum atomic E-state index is 11.4. The number of hydrogen-bond acceptors (Lipinski definition) is 2. The molecule has 1 aromatic heterocycles. The fourth-order valence-electron chi connectivity index (χ4n) is 1.70. The number of aromatic nitrogens is 2. The summed E-state index contributed by atoms with van der Waals surface area (Å²) in [7, 11) is 0. The molecular formula is C13H17N3O. The van der Waals surface area contributed by atoms with Crippen LogP contribution in [0.5, 0.6) is 0 Å². The van der Waals surface area contributed by atoms with Crippen LogP contribution in [-0.4, -0.2) is 15.9 Å². The maximum absolute atomic E-state index is 11.4. The third-order valence-corrected chi connectivity index (χ3v) is 2.65. The number of fused-ring (bicyclic) bond motifs is 1. The number of carbonyl (C=O) groups excluding carboxylic acids is 1. The number of aromatic amines is 1. The number of carbonyl (C=O) groups is 1. The molecule has 2 rings (SSSR count). The minimum atomic E-state index is 0.0901. The molecule has 0 radical (unpaired) electrons. The van der Waals surface area contributed by atoms with Gasteiger partial charge in [0.1, 0.15) is 5.82 Å². The highest BCUT2D eigenvalue weighted by atomic mass is 16.1. The van der Waals surface area contributed by atoms with Crippen molar-refractivity contribution in [2.75, 3.05) is 0 Å². The number of nitrogens with one attached hydrogen (secondary N) is 2. The van der Waals surface area contributed by atoms with Gasteiger partial charge in [0.05, 0.1) is 17.6 Å². The van der Waals surface area contributed by atoms with Gasteiger partial charge in [-0.05, 0) is 18.6 Å². The smallest absolute Gasteiger partial charge is 0.220 e. The first kappa shape index (κ1) is 11.6. The second kappa shape index (κ2) is 5.48. The Labute approximate surface area is 100 Å². The number of rotatable bonds is 5. The van der Waals surface area contributed by atoms with E-state index in [0.29, 0.717) is 13.0 Å². The predicted molar refractivity (Wildman–Crippen MR) is 67.5 cm³/mol. The Balaban J connectivity index is 1.92. The molecule has 0 saturated carbocycles. The number of hydrogen-bond donors (Lipinski definition) is 2. The van der Waals surface area contributed by atoms with E-state index in [1.807, 2.05) is 24.3 Å². The van der Waals surface area contributed by atoms with E-state index >= 15 is 0 Å². The summed E-state index contributed by atoms with van der Waals surface area (Å²) >= 11 is 0. The minimum absolute atomic E-state index is 0.0901. The van der Waals surface area contributed by atoms with Gasteiger partial charge in [0.15, 0.2) is 0 Å². The molecule has 90 valence electrons. The second-order valence-electron chi connectivity index (χ2n) is 4.08. The largest absolute Gasteiger partial charge is 0.349 e. The molecular weight excluding hydrogens is 214 g/mol. The molecule has 0 spiro atoms. The van der Waals surface area contributed by atoms with Crippen molar-refractivity contribution in [1.29, 1.82) is 0 Å². The second-order valence-corrected chi connectivity index (χ2v) is 4.08. The lowest BCUT2D eigenvalue weighted by Gasteiger charge is -2.01. The number of nitrogens with zero attached hydrogens (tertiary/aromatic N) is 1. The lowest BCUT2D eigenvalue weighted by molar-refractivity contribution is -0.121. The predicted octanol–water partition coefficient (Wildman–Crippen LogP) is 2.37. The first-order valence-electron chi connectivity index (χ1n) is 6.00. The zero-order valence-corrected chi connectivity index (χ0v) is 9.99. The maximum Gasteiger partial charge on any atom is 0.220 e. The highest BCUT2D eigenvalue weighted by Crippen LogP contribution is 2.09. The van der Waals surface area contributed by atoms with Crippen LogP contribution in [0.2, 0.25) is 0 Å². The van der Waals surface area contributed by atoms with Crippen molar-refractivity contribution in [3.63, 3.8) is 0 Å². The monoisotopic (exact) mass is 231 g/mol. The molecule has 0 atom stereocenters. The van der Waals surface area contributed by atoms with Crippen molar-refractivity contribution in [3.8, 4) is 0 Å². The zero-order valence-electron chi connectivity index (χ0n) is 9.99. The summed E-state index contributed by atoms with van der Waals surface area (Å²) in [5.41, 5.74) is 1.94. The number of benzene rings is 1. The van der Waals surface area contributed by atoms with Gasteiger partial charge < -0.3 is 10.3 Å². The van der Waals surface area contributed by atoms with Gasteiger partial charge >= 0.3 is 0 Å². The van der Waals surface area contributed by atoms with Gasteiger partial charge in [-0.15, -0.1) is 0 Å². The van der Waals surface area contributed by atoms with Crippen LogP contribution in [0.25, 0.3) is 11.0 Å². The molecule has 1 aromatic carbocycles. The molecule has 0 bridgehead atoms. The van der Waals surface area contributed by atoms with Gasteiger partial charge in [-0.2, -0.15) is 0 Å². The summed E-state index contributed by atoms with van der Waals surface area (Å²) in [5, 5.41) is 2.86. The van der Waals surface area contributed by atoms with E-state index in [1.54, 1.807) is 0 Å². The van der Waals surface area contributed by atoms with E-state index < -0.39 is 0 Å². The molecule has 0 unspecified atom stereocenters. The lowest BCUT2D eigenvalue weighted by atomic mass is 10.2. The Morgan fingerprint density at radius 2 is 2.24 bits per heavy atom. The normalized spacial score (nSPS) is 10.6. The fraction of sp³-hybridized carbons (Fsp3) is 0.385. The van der Waals surface area contributed by atoms with Crippen LogP contribution < -0.4 is 5.32 Å². The van der Waals surface area contributed by atoms with Crippen LogP contribution in [0, 0.1) is 0 Å². The van der Waals surface area contributed by atoms with Gasteiger partial charge in [0.25, 0.3) is 0 Å². The van der Waals surface area contributed by atoms with Crippen LogP contribution in [-0.2, 0) is 11.3 Å². The van der Waals surface area contributed by atoms with E-state index in [0.717, 1.165) is 29.7 Å². The van der Waals surface area contributed by atoms with Crippen molar-refractivity contribution in [1.82, 2.24) is 15.3 Å². The molecule has 17 heavy (non-hydrogen) atoms. The van der Waals surface area contributed by atoms with Crippen molar-refractivity contribution in [2.24, 2.45) is 0 Å². The van der Waals surface area contributed by atoms with Crippen molar-refractivity contribution >= 4 is 16.9 Å². The van der Waals surface area contributed by atoms with Gasteiger partial charge in [0, 0.05) is 6.42 Å². The zero-order chi connectivity index (χ0) is 12.1. The average molecular weight is 231 g/mol. The molecule has 2 N–H and O–H groups in total. The topological polar surface area (TPSA) is 57.8 Å². The van der Waals surface area contributed by atoms with Crippen LogP contribution in [0.1, 0.15) is 32.0 Å². The summed E-state index contributed by atoms with van der Waals surface area (Å²) in [6.45, 7) is 2.55. The van der Waals surface area contributed by atoms with E-state index in [4.69, 9.17) is 0 Å². The fourth-order valence-corrected chi connectivity index (χ4v) is 1.70. The van der Waals surface area contributed by atoms with Crippen molar-refractivity contribution < 1.29 is 4.79 Å². The molecule has 1 heterocycles. The third kappa shape index (κ3) is 3.06. The Morgan fingerprint density at radius 1 is 1.41 bits per heavy atom. The van der Waals surface area contributed by atoms with E-state index in [9.17, 15) is 4.79 Å². The highest BCUT2D eigenvalue weighted by Gasteiger charge is 2.04. The standard InChI is InChI=1S/C13H17N3O/c1-2-3-8-13(17)14-9-12-15-10-6-4-5-7-11(10)16-12/h4-7H,2-3,8-9H2,1H3,(H,14,17)(H,15,16). The van der Waals surface area contributed by atoms with Crippen LogP contribution in [0.3, 0.4) is 0 Å². The summed E-state index contributed by atoms with van der Waals surface area (Å²) in [6, 6.07) is 7.84. The summed E-state index contributed by atoms with van der Waals surface area (Å²) in [5.74, 6) is 0.892. The van der Waals surface area contributed by atoms with Gasteiger partial charge in [-0.3, -0.25) is 4.79 Å². The van der Waals surface area contributed by atoms with Gasteiger partial charge in [-0.1, -0.05) is 25.5 Å². The summed E-state index contributed by atoms with van der Waals surface area (Å²) in [4.78, 5) is 19.0. The van der Waals surface area contributed by atoms with Crippen LogP contribution in [0.4, 0.5) is 0 Å². The van der Waals surface area contributed by atoms with Crippen LogP contribution >= 0.6 is 0 Å². The molecule has 0 aliphatic heterocycles. The van der Waals surface area contributed by atoms with Crippen molar-refractivity contribution in [3.05, 3.63) is 30.1 Å².